The molecule has 8 heteroatoms. The van der Waals surface area contributed by atoms with Crippen molar-refractivity contribution >= 4 is 17.8 Å². The van der Waals surface area contributed by atoms with Crippen LogP contribution in [-0.4, -0.2) is 54.5 Å². The third-order valence-corrected chi connectivity index (χ3v) is 5.81. The first-order valence-electron chi connectivity index (χ1n) is 10.9. The van der Waals surface area contributed by atoms with E-state index < -0.39 is 5.97 Å². The van der Waals surface area contributed by atoms with E-state index in [1.54, 1.807) is 32.8 Å². The molecule has 1 aliphatic heterocycles. The summed E-state index contributed by atoms with van der Waals surface area (Å²) in [6.07, 6.45) is 1.47. The largest absolute Gasteiger partial charge is 0.497 e. The fourth-order valence-corrected chi connectivity index (χ4v) is 4.12. The summed E-state index contributed by atoms with van der Waals surface area (Å²) < 4.78 is 10.3. The van der Waals surface area contributed by atoms with Gasteiger partial charge in [0, 0.05) is 25.3 Å². The van der Waals surface area contributed by atoms with Crippen LogP contribution in [-0.2, 0) is 16.1 Å². The van der Waals surface area contributed by atoms with E-state index in [2.05, 4.69) is 10.3 Å². The summed E-state index contributed by atoms with van der Waals surface area (Å²) in [6, 6.07) is 7.55. The number of benzene rings is 1. The summed E-state index contributed by atoms with van der Waals surface area (Å²) in [4.78, 5) is 42.9. The molecule has 1 unspecified atom stereocenters. The molecule has 1 aliphatic rings. The molecule has 0 bridgehead atoms. The zero-order valence-corrected chi connectivity index (χ0v) is 19.1. The zero-order chi connectivity index (χ0) is 23.3. The van der Waals surface area contributed by atoms with Gasteiger partial charge in [-0.25, -0.2) is 4.79 Å². The molecule has 0 spiro atoms. The lowest BCUT2D eigenvalue weighted by molar-refractivity contribution is -0.126. The van der Waals surface area contributed by atoms with E-state index in [0.717, 1.165) is 24.2 Å². The van der Waals surface area contributed by atoms with Crippen LogP contribution in [0.3, 0.4) is 0 Å². The number of amides is 2. The number of nitrogens with one attached hydrogen (secondary N) is 2. The summed E-state index contributed by atoms with van der Waals surface area (Å²) in [5.74, 6) is -0.251. The normalized spacial score (nSPS) is 15.9. The lowest BCUT2D eigenvalue weighted by atomic mass is 9.96. The van der Waals surface area contributed by atoms with Crippen LogP contribution in [0.4, 0.5) is 0 Å². The van der Waals surface area contributed by atoms with Gasteiger partial charge >= 0.3 is 5.97 Å². The van der Waals surface area contributed by atoms with Crippen molar-refractivity contribution in [3.05, 3.63) is 52.3 Å². The Morgan fingerprint density at radius 2 is 2.03 bits per heavy atom. The molecule has 0 aliphatic carbocycles. The minimum atomic E-state index is -0.439. The molecule has 172 valence electrons. The highest BCUT2D eigenvalue weighted by Crippen LogP contribution is 2.24. The molecule has 1 atom stereocenters. The van der Waals surface area contributed by atoms with Gasteiger partial charge in [0.05, 0.1) is 25.2 Å². The van der Waals surface area contributed by atoms with Gasteiger partial charge < -0.3 is 24.7 Å². The van der Waals surface area contributed by atoms with Crippen LogP contribution >= 0.6 is 0 Å². The number of ether oxygens (including phenoxy) is 2. The van der Waals surface area contributed by atoms with Crippen molar-refractivity contribution in [1.82, 2.24) is 15.2 Å². The molecule has 3 rings (SSSR count). The van der Waals surface area contributed by atoms with Gasteiger partial charge in [0.2, 0.25) is 5.91 Å². The maximum Gasteiger partial charge on any atom is 0.340 e. The Balaban J connectivity index is 1.65. The number of aryl methyl sites for hydroxylation is 1. The summed E-state index contributed by atoms with van der Waals surface area (Å²) in [6.45, 7) is 6.82. The SMILES string of the molecule is CCOC(=O)c1c(C)[nH]c(C(=O)N2CCCC(C(=O)NCc3cccc(OC)c3)C2)c1C. The number of hydrogen-bond acceptors (Lipinski definition) is 5. The van der Waals surface area contributed by atoms with Gasteiger partial charge in [0.1, 0.15) is 11.4 Å². The smallest absolute Gasteiger partial charge is 0.340 e. The molecule has 1 saturated heterocycles. The first-order valence-corrected chi connectivity index (χ1v) is 10.9. The van der Waals surface area contributed by atoms with E-state index >= 15 is 0 Å². The minimum Gasteiger partial charge on any atom is -0.497 e. The molecular formula is C24H31N3O5. The first-order chi connectivity index (χ1) is 15.3. The van der Waals surface area contributed by atoms with Crippen LogP contribution in [0.25, 0.3) is 0 Å². The van der Waals surface area contributed by atoms with Crippen molar-refractivity contribution < 1.29 is 23.9 Å². The Bertz CT molecular complexity index is 998. The van der Waals surface area contributed by atoms with Crippen molar-refractivity contribution in [3.63, 3.8) is 0 Å². The number of rotatable bonds is 7. The number of aromatic amines is 1. The highest BCUT2D eigenvalue weighted by atomic mass is 16.5. The van der Waals surface area contributed by atoms with Crippen molar-refractivity contribution in [2.75, 3.05) is 26.8 Å². The first kappa shape index (κ1) is 23.4. The van der Waals surface area contributed by atoms with Gasteiger partial charge in [0.15, 0.2) is 0 Å². The molecular weight excluding hydrogens is 410 g/mol. The topological polar surface area (TPSA) is 101 Å². The molecule has 1 fully saturated rings. The van der Waals surface area contributed by atoms with Crippen LogP contribution in [0.5, 0.6) is 5.75 Å². The van der Waals surface area contributed by atoms with Crippen molar-refractivity contribution in [2.45, 2.75) is 40.2 Å². The van der Waals surface area contributed by atoms with Crippen LogP contribution in [0, 0.1) is 19.8 Å². The fraction of sp³-hybridized carbons (Fsp3) is 0.458. The second kappa shape index (κ2) is 10.3. The number of likely N-dealkylation sites (tertiary alicyclic amines) is 1. The molecule has 32 heavy (non-hydrogen) atoms. The maximum absolute atomic E-state index is 13.2. The van der Waals surface area contributed by atoms with Crippen molar-refractivity contribution in [1.29, 1.82) is 0 Å². The van der Waals surface area contributed by atoms with E-state index in [0.29, 0.717) is 42.1 Å². The number of methoxy groups -OCH3 is 1. The number of piperidine rings is 1. The minimum absolute atomic E-state index is 0.0723. The molecule has 0 saturated carbocycles. The summed E-state index contributed by atoms with van der Waals surface area (Å²) in [7, 11) is 1.61. The number of nitrogens with zero attached hydrogens (tertiary/aromatic N) is 1. The molecule has 0 radical (unpaired) electrons. The van der Waals surface area contributed by atoms with E-state index in [1.807, 2.05) is 24.3 Å². The van der Waals surface area contributed by atoms with Gasteiger partial charge in [-0.3, -0.25) is 9.59 Å². The van der Waals surface area contributed by atoms with Crippen molar-refractivity contribution in [2.24, 2.45) is 5.92 Å². The quantitative estimate of drug-likeness (QED) is 0.644. The fourth-order valence-electron chi connectivity index (χ4n) is 4.12. The Morgan fingerprint density at radius 3 is 2.75 bits per heavy atom. The molecule has 1 aromatic carbocycles. The molecule has 2 N–H and O–H groups in total. The van der Waals surface area contributed by atoms with Gasteiger partial charge in [-0.1, -0.05) is 12.1 Å². The van der Waals surface area contributed by atoms with Crippen LogP contribution in [0.1, 0.15) is 57.4 Å². The lowest BCUT2D eigenvalue weighted by Crippen LogP contribution is -2.45. The lowest BCUT2D eigenvalue weighted by Gasteiger charge is -2.32. The highest BCUT2D eigenvalue weighted by molar-refractivity contribution is 6.00. The van der Waals surface area contributed by atoms with Crippen molar-refractivity contribution in [3.8, 4) is 5.75 Å². The standard InChI is InChI=1S/C24H31N3O5/c1-5-32-24(30)20-15(2)21(26-16(20)3)23(29)27-11-7-9-18(14-27)22(28)25-13-17-8-6-10-19(12-17)31-4/h6,8,10,12,18,26H,5,7,9,11,13-14H2,1-4H3,(H,25,28). The van der Waals surface area contributed by atoms with Crippen LogP contribution in [0.15, 0.2) is 24.3 Å². The third-order valence-electron chi connectivity index (χ3n) is 5.81. The molecule has 2 heterocycles. The Labute approximate surface area is 188 Å². The maximum atomic E-state index is 13.2. The Morgan fingerprint density at radius 1 is 1.25 bits per heavy atom. The predicted octanol–water partition coefficient (Wildman–Crippen LogP) is 2.99. The summed E-state index contributed by atoms with van der Waals surface area (Å²) in [5.41, 5.74) is 2.91. The second-order valence-corrected chi connectivity index (χ2v) is 8.01. The number of aromatic nitrogens is 1. The summed E-state index contributed by atoms with van der Waals surface area (Å²) >= 11 is 0. The third kappa shape index (κ3) is 5.12. The van der Waals surface area contributed by atoms with E-state index in [1.165, 1.54) is 0 Å². The average molecular weight is 442 g/mol. The molecule has 2 amide bonds. The average Bonchev–Trinajstić information content (AvgIpc) is 3.11. The molecule has 2 aromatic rings. The second-order valence-electron chi connectivity index (χ2n) is 8.01. The Kier molecular flexibility index (Phi) is 7.56. The highest BCUT2D eigenvalue weighted by Gasteiger charge is 2.31. The molecule has 1 aromatic heterocycles. The van der Waals surface area contributed by atoms with Gasteiger partial charge in [-0.2, -0.15) is 0 Å². The predicted molar refractivity (Wildman–Crippen MR) is 120 cm³/mol. The zero-order valence-electron chi connectivity index (χ0n) is 19.1. The van der Waals surface area contributed by atoms with Gasteiger partial charge in [0.25, 0.3) is 5.91 Å². The van der Waals surface area contributed by atoms with E-state index in [4.69, 9.17) is 9.47 Å². The number of carbonyl (C=O) groups excluding carboxylic acids is 3. The van der Waals surface area contributed by atoms with E-state index in [-0.39, 0.29) is 24.3 Å². The summed E-state index contributed by atoms with van der Waals surface area (Å²) in [5, 5.41) is 2.97. The van der Waals surface area contributed by atoms with E-state index in [9.17, 15) is 14.4 Å². The van der Waals surface area contributed by atoms with Gasteiger partial charge in [-0.15, -0.1) is 0 Å². The van der Waals surface area contributed by atoms with Gasteiger partial charge in [-0.05, 0) is 56.9 Å². The number of esters is 1. The monoisotopic (exact) mass is 441 g/mol. The number of carbonyl (C=O) groups is 3. The Hall–Kier alpha value is -3.29. The van der Waals surface area contributed by atoms with Crippen LogP contribution < -0.4 is 10.1 Å². The number of hydrogen-bond donors (Lipinski definition) is 2. The number of H-pyrrole nitrogens is 1. The molecule has 8 nitrogen and oxygen atoms in total. The van der Waals surface area contributed by atoms with Crippen LogP contribution in [0.2, 0.25) is 0 Å².